The number of anilines is 1. The van der Waals surface area contributed by atoms with Crippen LogP contribution in [0.15, 0.2) is 76.2 Å². The topological polar surface area (TPSA) is 56.0 Å². The minimum absolute atomic E-state index is 0.219. The van der Waals surface area contributed by atoms with Gasteiger partial charge >= 0.3 is 0 Å². The lowest BCUT2D eigenvalue weighted by molar-refractivity contribution is -0.111. The smallest absolute Gasteiger partial charge is 0.295 e. The monoisotopic (exact) mass is 433 g/mol. The molecule has 0 saturated heterocycles. The lowest BCUT2D eigenvalue weighted by Gasteiger charge is -2.08. The van der Waals surface area contributed by atoms with Crippen LogP contribution in [0.4, 0.5) is 10.1 Å². The van der Waals surface area contributed by atoms with E-state index in [2.05, 4.69) is 5.32 Å². The van der Waals surface area contributed by atoms with Crippen molar-refractivity contribution in [1.82, 2.24) is 9.36 Å². The Labute approximate surface area is 182 Å². The first-order chi connectivity index (χ1) is 15.0. The molecule has 0 fully saturated rings. The predicted molar refractivity (Wildman–Crippen MR) is 123 cm³/mol. The maximum absolute atomic E-state index is 13.3. The Morgan fingerprint density at radius 2 is 1.77 bits per heavy atom. The fraction of sp³-hybridized carbons (Fsp3) is 0.0833. The van der Waals surface area contributed by atoms with Crippen molar-refractivity contribution in [3.05, 3.63) is 104 Å². The van der Waals surface area contributed by atoms with Crippen LogP contribution in [-0.2, 0) is 11.8 Å². The van der Waals surface area contributed by atoms with Gasteiger partial charge in [-0.1, -0.05) is 30.3 Å². The van der Waals surface area contributed by atoms with Crippen LogP contribution in [0.3, 0.4) is 0 Å². The van der Waals surface area contributed by atoms with E-state index in [1.807, 2.05) is 47.2 Å². The average molecular weight is 434 g/mol. The molecule has 0 aliphatic rings. The zero-order chi connectivity index (χ0) is 22.0. The highest BCUT2D eigenvalue weighted by molar-refractivity contribution is 7.08. The maximum atomic E-state index is 13.3. The molecule has 4 rings (SSSR count). The number of benzene rings is 2. The van der Waals surface area contributed by atoms with E-state index in [1.165, 1.54) is 28.2 Å². The standard InChI is InChI=1S/C24H20FN3O2S/c1-16-22(24(30)28(27(16)2)20-6-4-3-5-7-20)26-23(29)21(18-12-13-31-15-18)14-17-8-10-19(25)11-9-17/h3-15H,1-2H3,(H,26,29)/b21-14+. The molecule has 7 heteroatoms. The van der Waals surface area contributed by atoms with Crippen molar-refractivity contribution in [3.63, 3.8) is 0 Å². The third-order valence-corrected chi connectivity index (χ3v) is 5.73. The second kappa shape index (κ2) is 8.57. The Kier molecular flexibility index (Phi) is 5.68. The summed E-state index contributed by atoms with van der Waals surface area (Å²) >= 11 is 1.46. The first-order valence-electron chi connectivity index (χ1n) is 9.61. The number of hydrogen-bond acceptors (Lipinski definition) is 3. The Hall–Kier alpha value is -3.71. The number of nitrogens with one attached hydrogen (secondary N) is 1. The normalized spacial score (nSPS) is 11.5. The summed E-state index contributed by atoms with van der Waals surface area (Å²) in [5, 5.41) is 6.53. The van der Waals surface area contributed by atoms with Gasteiger partial charge in [0.05, 0.1) is 11.4 Å². The van der Waals surface area contributed by atoms with E-state index in [-0.39, 0.29) is 17.1 Å². The van der Waals surface area contributed by atoms with Crippen molar-refractivity contribution >= 4 is 34.6 Å². The molecule has 2 aromatic carbocycles. The summed E-state index contributed by atoms with van der Waals surface area (Å²) in [5.41, 5.74) is 3.05. The van der Waals surface area contributed by atoms with Crippen LogP contribution in [0, 0.1) is 12.7 Å². The van der Waals surface area contributed by atoms with Crippen LogP contribution in [0.5, 0.6) is 0 Å². The highest BCUT2D eigenvalue weighted by Crippen LogP contribution is 2.23. The molecule has 0 radical (unpaired) electrons. The molecule has 156 valence electrons. The zero-order valence-corrected chi connectivity index (χ0v) is 17.8. The molecule has 2 heterocycles. The molecule has 1 N–H and O–H groups in total. The van der Waals surface area contributed by atoms with E-state index in [4.69, 9.17) is 0 Å². The van der Waals surface area contributed by atoms with Crippen LogP contribution in [0.2, 0.25) is 0 Å². The van der Waals surface area contributed by atoms with Gasteiger partial charge in [-0.2, -0.15) is 11.3 Å². The van der Waals surface area contributed by atoms with Gasteiger partial charge in [-0.05, 0) is 65.2 Å². The van der Waals surface area contributed by atoms with Crippen LogP contribution < -0.4 is 10.9 Å². The molecule has 1 amide bonds. The van der Waals surface area contributed by atoms with Gasteiger partial charge in [0, 0.05) is 12.6 Å². The summed E-state index contributed by atoms with van der Waals surface area (Å²) < 4.78 is 16.5. The Morgan fingerprint density at radius 3 is 2.42 bits per heavy atom. The van der Waals surface area contributed by atoms with Crippen molar-refractivity contribution in [3.8, 4) is 5.69 Å². The third-order valence-electron chi connectivity index (χ3n) is 5.05. The predicted octanol–water partition coefficient (Wildman–Crippen LogP) is 4.86. The molecule has 0 atom stereocenters. The second-order valence-corrected chi connectivity index (χ2v) is 7.79. The van der Waals surface area contributed by atoms with E-state index in [0.29, 0.717) is 22.5 Å². The van der Waals surface area contributed by atoms with E-state index in [0.717, 1.165) is 5.56 Å². The summed E-state index contributed by atoms with van der Waals surface area (Å²) in [6.45, 7) is 1.78. The van der Waals surface area contributed by atoms with Gasteiger partial charge in [0.15, 0.2) is 0 Å². The quantitative estimate of drug-likeness (QED) is 0.457. The number of para-hydroxylation sites is 1. The Bertz CT molecular complexity index is 1300. The number of thiophene rings is 1. The maximum Gasteiger partial charge on any atom is 0.295 e. The van der Waals surface area contributed by atoms with E-state index in [9.17, 15) is 14.0 Å². The van der Waals surface area contributed by atoms with Crippen LogP contribution in [-0.4, -0.2) is 15.3 Å². The van der Waals surface area contributed by atoms with E-state index < -0.39 is 5.91 Å². The minimum Gasteiger partial charge on any atom is -0.316 e. The van der Waals surface area contributed by atoms with Crippen molar-refractivity contribution in [2.75, 3.05) is 5.32 Å². The molecule has 0 spiro atoms. The summed E-state index contributed by atoms with van der Waals surface area (Å²) in [5.74, 6) is -0.756. The van der Waals surface area contributed by atoms with Crippen molar-refractivity contribution in [2.45, 2.75) is 6.92 Å². The molecule has 4 aromatic rings. The van der Waals surface area contributed by atoms with Crippen molar-refractivity contribution in [1.29, 1.82) is 0 Å². The third kappa shape index (κ3) is 4.13. The summed E-state index contributed by atoms with van der Waals surface area (Å²) in [4.78, 5) is 26.4. The van der Waals surface area contributed by atoms with E-state index in [1.54, 1.807) is 36.9 Å². The number of amides is 1. The zero-order valence-electron chi connectivity index (χ0n) is 17.0. The number of nitrogens with zero attached hydrogens (tertiary/aromatic N) is 2. The second-order valence-electron chi connectivity index (χ2n) is 7.01. The first kappa shape index (κ1) is 20.6. The molecule has 0 aliphatic carbocycles. The van der Waals surface area contributed by atoms with Gasteiger partial charge in [0.25, 0.3) is 11.5 Å². The lowest BCUT2D eigenvalue weighted by Crippen LogP contribution is -2.23. The fourth-order valence-electron chi connectivity index (χ4n) is 3.32. The molecule has 31 heavy (non-hydrogen) atoms. The largest absolute Gasteiger partial charge is 0.316 e. The van der Waals surface area contributed by atoms with Gasteiger partial charge < -0.3 is 5.32 Å². The molecule has 0 aliphatic heterocycles. The van der Waals surface area contributed by atoms with Crippen molar-refractivity contribution in [2.24, 2.45) is 7.05 Å². The molecular formula is C24H20FN3O2S. The van der Waals surface area contributed by atoms with Crippen LogP contribution in [0.1, 0.15) is 16.8 Å². The van der Waals surface area contributed by atoms with Crippen LogP contribution in [0.25, 0.3) is 17.3 Å². The number of aromatic nitrogens is 2. The van der Waals surface area contributed by atoms with Gasteiger partial charge in [0.1, 0.15) is 11.5 Å². The number of hydrogen-bond donors (Lipinski definition) is 1. The number of carbonyl (C=O) groups is 1. The highest BCUT2D eigenvalue weighted by atomic mass is 32.1. The number of halogens is 1. The Morgan fingerprint density at radius 1 is 1.06 bits per heavy atom. The van der Waals surface area contributed by atoms with Gasteiger partial charge in [-0.25, -0.2) is 9.07 Å². The van der Waals surface area contributed by atoms with Gasteiger partial charge in [0.2, 0.25) is 0 Å². The molecule has 0 unspecified atom stereocenters. The summed E-state index contributed by atoms with van der Waals surface area (Å²) in [6.07, 6.45) is 1.69. The minimum atomic E-state index is -0.409. The van der Waals surface area contributed by atoms with Crippen LogP contribution >= 0.6 is 11.3 Å². The van der Waals surface area contributed by atoms with Crippen molar-refractivity contribution < 1.29 is 9.18 Å². The molecule has 5 nitrogen and oxygen atoms in total. The molecular weight excluding hydrogens is 413 g/mol. The SMILES string of the molecule is Cc1c(NC(=O)/C(=C/c2ccc(F)cc2)c2ccsc2)c(=O)n(-c2ccccc2)n1C. The lowest BCUT2D eigenvalue weighted by atomic mass is 10.0. The average Bonchev–Trinajstić information content (AvgIpc) is 3.37. The van der Waals surface area contributed by atoms with E-state index >= 15 is 0 Å². The summed E-state index contributed by atoms with van der Waals surface area (Å²) in [6, 6.07) is 17.0. The van der Waals surface area contributed by atoms with Gasteiger partial charge in [-0.3, -0.25) is 14.3 Å². The van der Waals surface area contributed by atoms with Gasteiger partial charge in [-0.15, -0.1) is 0 Å². The number of rotatable bonds is 5. The summed E-state index contributed by atoms with van der Waals surface area (Å²) in [7, 11) is 1.77. The Balaban J connectivity index is 1.73. The molecule has 0 bridgehead atoms. The molecule has 2 aromatic heterocycles. The molecule has 0 saturated carbocycles. The first-order valence-corrected chi connectivity index (χ1v) is 10.5. The number of carbonyl (C=O) groups excluding carboxylic acids is 1. The highest BCUT2D eigenvalue weighted by Gasteiger charge is 2.21. The fourth-order valence-corrected chi connectivity index (χ4v) is 3.97.